The molecule has 21 heavy (non-hydrogen) atoms. The Morgan fingerprint density at radius 1 is 1.43 bits per heavy atom. The summed E-state index contributed by atoms with van der Waals surface area (Å²) in [4.78, 5) is 19.1. The molecule has 5 heteroatoms. The Kier molecular flexibility index (Phi) is 5.10. The Hall–Kier alpha value is -2.61. The summed E-state index contributed by atoms with van der Waals surface area (Å²) in [5, 5.41) is 8.85. The highest BCUT2D eigenvalue weighted by Gasteiger charge is 2.24. The summed E-state index contributed by atoms with van der Waals surface area (Å²) >= 11 is 0. The van der Waals surface area contributed by atoms with Gasteiger partial charge in [-0.25, -0.2) is 4.98 Å². The maximum absolute atomic E-state index is 12.1. The van der Waals surface area contributed by atoms with E-state index in [9.17, 15) is 4.79 Å². The molecule has 0 saturated carbocycles. The summed E-state index contributed by atoms with van der Waals surface area (Å²) in [6.07, 6.45) is 2.76. The van der Waals surface area contributed by atoms with Gasteiger partial charge in [0.05, 0.1) is 12.8 Å². The Morgan fingerprint density at radius 3 is 2.81 bits per heavy atom. The zero-order chi connectivity index (χ0) is 15.1. The van der Waals surface area contributed by atoms with E-state index in [0.29, 0.717) is 24.5 Å². The maximum Gasteiger partial charge on any atom is 0.316 e. The third-order valence-electron chi connectivity index (χ3n) is 3.18. The van der Waals surface area contributed by atoms with Crippen molar-refractivity contribution in [3.63, 3.8) is 0 Å². The van der Waals surface area contributed by atoms with Crippen molar-refractivity contribution in [3.05, 3.63) is 53.6 Å². The van der Waals surface area contributed by atoms with E-state index >= 15 is 0 Å². The molecule has 108 valence electrons. The molecule has 5 nitrogen and oxygen atoms in total. The van der Waals surface area contributed by atoms with Gasteiger partial charge in [-0.2, -0.15) is 5.26 Å². The van der Waals surface area contributed by atoms with Gasteiger partial charge in [0.15, 0.2) is 0 Å². The molecule has 1 heterocycles. The van der Waals surface area contributed by atoms with Crippen LogP contribution in [0.15, 0.2) is 36.5 Å². The third-order valence-corrected chi connectivity index (χ3v) is 3.18. The number of hydrogen-bond acceptors (Lipinski definition) is 4. The van der Waals surface area contributed by atoms with Gasteiger partial charge in [0, 0.05) is 0 Å². The second kappa shape index (κ2) is 7.25. The van der Waals surface area contributed by atoms with Crippen LogP contribution in [0.5, 0.6) is 0 Å². The monoisotopic (exact) mass is 283 g/mol. The van der Waals surface area contributed by atoms with E-state index in [0.717, 1.165) is 12.0 Å². The summed E-state index contributed by atoms with van der Waals surface area (Å²) in [7, 11) is 0. The number of aromatic nitrogens is 2. The van der Waals surface area contributed by atoms with E-state index in [1.165, 1.54) is 6.20 Å². The highest BCUT2D eigenvalue weighted by molar-refractivity contribution is 5.77. The fourth-order valence-electron chi connectivity index (χ4n) is 2.14. The number of carbonyl (C=O) groups is 1. The summed E-state index contributed by atoms with van der Waals surface area (Å²) in [5.41, 5.74) is 1.50. The number of nitrogens with one attached hydrogen (secondary N) is 1. The molecule has 0 radical (unpaired) electrons. The van der Waals surface area contributed by atoms with Crippen LogP contribution in [0, 0.1) is 11.3 Å². The number of aromatic amines is 1. The van der Waals surface area contributed by atoms with Crippen LogP contribution >= 0.6 is 0 Å². The predicted molar refractivity (Wildman–Crippen MR) is 77.4 cm³/mol. The van der Waals surface area contributed by atoms with Crippen molar-refractivity contribution in [2.45, 2.75) is 25.7 Å². The van der Waals surface area contributed by atoms with Gasteiger partial charge >= 0.3 is 5.97 Å². The van der Waals surface area contributed by atoms with Gasteiger partial charge in [0.25, 0.3) is 0 Å². The smallest absolute Gasteiger partial charge is 0.316 e. The number of nitriles is 1. The Labute approximate surface area is 123 Å². The molecule has 1 atom stereocenters. The molecule has 0 bridgehead atoms. The van der Waals surface area contributed by atoms with Crippen molar-refractivity contribution in [1.82, 2.24) is 9.97 Å². The van der Waals surface area contributed by atoms with Crippen LogP contribution in [-0.4, -0.2) is 22.5 Å². The van der Waals surface area contributed by atoms with Gasteiger partial charge in [-0.3, -0.25) is 4.79 Å². The largest absolute Gasteiger partial charge is 0.465 e. The molecular weight excluding hydrogens is 266 g/mol. The molecule has 0 aliphatic heterocycles. The van der Waals surface area contributed by atoms with Gasteiger partial charge < -0.3 is 9.72 Å². The zero-order valence-electron chi connectivity index (χ0n) is 11.9. The summed E-state index contributed by atoms with van der Waals surface area (Å²) in [6, 6.07) is 11.9. The highest BCUT2D eigenvalue weighted by Crippen LogP contribution is 2.21. The standard InChI is InChI=1S/C16H17N3O2/c1-2-21-16(20)14(15-18-11-13(10-17)19-15)9-8-12-6-4-3-5-7-12/h3-7,11,14H,2,8-9H2,1H3,(H,18,19). The number of carbonyl (C=O) groups excluding carboxylic acids is 1. The van der Waals surface area contributed by atoms with Crippen molar-refractivity contribution >= 4 is 5.97 Å². The molecule has 0 aliphatic rings. The molecule has 0 fully saturated rings. The van der Waals surface area contributed by atoms with Crippen LogP contribution in [0.1, 0.15) is 36.3 Å². The van der Waals surface area contributed by atoms with Crippen molar-refractivity contribution in [3.8, 4) is 6.07 Å². The average molecular weight is 283 g/mol. The molecule has 1 unspecified atom stereocenters. The van der Waals surface area contributed by atoms with Gasteiger partial charge in [-0.1, -0.05) is 30.3 Å². The van der Waals surface area contributed by atoms with Crippen LogP contribution in [0.25, 0.3) is 0 Å². The summed E-state index contributed by atoms with van der Waals surface area (Å²) in [5.74, 6) is -0.305. The number of imidazole rings is 1. The Balaban J connectivity index is 2.12. The van der Waals surface area contributed by atoms with Gasteiger partial charge in [-0.05, 0) is 25.3 Å². The predicted octanol–water partition coefficient (Wildman–Crippen LogP) is 2.56. The average Bonchev–Trinajstić information content (AvgIpc) is 2.98. The first kappa shape index (κ1) is 14.8. The van der Waals surface area contributed by atoms with Crippen molar-refractivity contribution in [2.24, 2.45) is 0 Å². The molecule has 2 rings (SSSR count). The normalized spacial score (nSPS) is 11.6. The third kappa shape index (κ3) is 3.93. The van der Waals surface area contributed by atoms with Crippen LogP contribution in [0.3, 0.4) is 0 Å². The number of benzene rings is 1. The molecule has 0 spiro atoms. The van der Waals surface area contributed by atoms with Crippen LogP contribution < -0.4 is 0 Å². The van der Waals surface area contributed by atoms with Gasteiger partial charge in [-0.15, -0.1) is 0 Å². The van der Waals surface area contributed by atoms with E-state index in [2.05, 4.69) is 9.97 Å². The molecule has 0 amide bonds. The van der Waals surface area contributed by atoms with E-state index in [1.54, 1.807) is 6.92 Å². The minimum Gasteiger partial charge on any atom is -0.465 e. The molecule has 2 aromatic rings. The molecule has 1 aromatic heterocycles. The quantitative estimate of drug-likeness (QED) is 0.826. The first-order chi connectivity index (χ1) is 10.2. The summed E-state index contributed by atoms with van der Waals surface area (Å²) < 4.78 is 5.11. The number of nitrogens with zero attached hydrogens (tertiary/aromatic N) is 2. The van der Waals surface area contributed by atoms with Crippen LogP contribution in [0.2, 0.25) is 0 Å². The van der Waals surface area contributed by atoms with Gasteiger partial charge in [0.1, 0.15) is 23.5 Å². The molecular formula is C16H17N3O2. The maximum atomic E-state index is 12.1. The SMILES string of the molecule is CCOC(=O)C(CCc1ccccc1)c1ncc(C#N)[nH]1. The molecule has 0 aliphatic carbocycles. The number of hydrogen-bond donors (Lipinski definition) is 1. The Morgan fingerprint density at radius 2 is 2.19 bits per heavy atom. The van der Waals surface area contributed by atoms with E-state index in [1.807, 2.05) is 36.4 Å². The fourth-order valence-corrected chi connectivity index (χ4v) is 2.14. The fraction of sp³-hybridized carbons (Fsp3) is 0.312. The van der Waals surface area contributed by atoms with Crippen molar-refractivity contribution < 1.29 is 9.53 Å². The van der Waals surface area contributed by atoms with Gasteiger partial charge in [0.2, 0.25) is 0 Å². The second-order valence-electron chi connectivity index (χ2n) is 4.62. The minimum absolute atomic E-state index is 0.313. The van der Waals surface area contributed by atoms with Crippen LogP contribution in [-0.2, 0) is 16.0 Å². The molecule has 0 saturated heterocycles. The number of aryl methyl sites for hydroxylation is 1. The highest BCUT2D eigenvalue weighted by atomic mass is 16.5. The minimum atomic E-state index is -0.479. The van der Waals surface area contributed by atoms with Crippen LogP contribution in [0.4, 0.5) is 0 Å². The van der Waals surface area contributed by atoms with E-state index < -0.39 is 5.92 Å². The first-order valence-corrected chi connectivity index (χ1v) is 6.90. The second-order valence-corrected chi connectivity index (χ2v) is 4.62. The lowest BCUT2D eigenvalue weighted by Crippen LogP contribution is -2.18. The number of ether oxygens (including phenoxy) is 1. The number of esters is 1. The zero-order valence-corrected chi connectivity index (χ0v) is 11.9. The first-order valence-electron chi connectivity index (χ1n) is 6.90. The van der Waals surface area contributed by atoms with Crippen molar-refractivity contribution in [2.75, 3.05) is 6.61 Å². The lowest BCUT2D eigenvalue weighted by atomic mass is 9.99. The molecule has 1 aromatic carbocycles. The number of rotatable bonds is 6. The van der Waals surface area contributed by atoms with E-state index in [-0.39, 0.29) is 5.97 Å². The summed E-state index contributed by atoms with van der Waals surface area (Å²) in [6.45, 7) is 2.10. The van der Waals surface area contributed by atoms with E-state index in [4.69, 9.17) is 10.00 Å². The lowest BCUT2D eigenvalue weighted by Gasteiger charge is -2.13. The number of H-pyrrole nitrogens is 1. The molecule has 1 N–H and O–H groups in total. The Bertz CT molecular complexity index is 628. The van der Waals surface area contributed by atoms with Crippen molar-refractivity contribution in [1.29, 1.82) is 5.26 Å². The lowest BCUT2D eigenvalue weighted by molar-refractivity contribution is -0.145. The topological polar surface area (TPSA) is 78.8 Å².